The minimum Gasteiger partial charge on any atom is -0.0622 e. The Labute approximate surface area is 172 Å². The molecule has 0 fully saturated rings. The molecule has 0 aliphatic heterocycles. The number of rotatable bonds is 4. The van der Waals surface area contributed by atoms with E-state index in [2.05, 4.69) is 115 Å². The van der Waals surface area contributed by atoms with Crippen molar-refractivity contribution in [3.8, 4) is 0 Å². The van der Waals surface area contributed by atoms with Gasteiger partial charge in [-0.05, 0) is 71.3 Å². The maximum Gasteiger partial charge on any atom is -0.0122 e. The van der Waals surface area contributed by atoms with Crippen LogP contribution in [0.25, 0.3) is 0 Å². The lowest BCUT2D eigenvalue weighted by atomic mass is 9.86. The zero-order valence-electron chi connectivity index (χ0n) is 18.4. The van der Waals surface area contributed by atoms with Gasteiger partial charge in [0.2, 0.25) is 0 Å². The van der Waals surface area contributed by atoms with Gasteiger partial charge in [0.05, 0.1) is 0 Å². The lowest BCUT2D eigenvalue weighted by molar-refractivity contribution is 0.590. The minimum absolute atomic E-state index is 0.174. The number of benzene rings is 3. The first-order chi connectivity index (χ1) is 13.2. The normalized spacial score (nSPS) is 13.0. The highest BCUT2D eigenvalue weighted by Crippen LogP contribution is 2.37. The van der Waals surface area contributed by atoms with Crippen LogP contribution in [0.4, 0.5) is 0 Å². The molecule has 0 bridgehead atoms. The van der Waals surface area contributed by atoms with E-state index >= 15 is 0 Å². The SMILES string of the molecule is Cc1cc(C(C)C)ccc1P(c1ccccc1)c1ccc(C(C)(C)C)cc1C. The highest BCUT2D eigenvalue weighted by atomic mass is 31.1. The van der Waals surface area contributed by atoms with Crippen molar-refractivity contribution in [3.05, 3.63) is 89.0 Å². The van der Waals surface area contributed by atoms with Gasteiger partial charge in [-0.1, -0.05) is 101 Å². The van der Waals surface area contributed by atoms with Crippen LogP contribution >= 0.6 is 7.92 Å². The van der Waals surface area contributed by atoms with Crippen molar-refractivity contribution in [2.75, 3.05) is 0 Å². The largest absolute Gasteiger partial charge is 0.0622 e. The molecule has 1 unspecified atom stereocenters. The molecular formula is C27H33P. The molecule has 0 nitrogen and oxygen atoms in total. The van der Waals surface area contributed by atoms with Crippen LogP contribution < -0.4 is 15.9 Å². The maximum atomic E-state index is 2.39. The monoisotopic (exact) mass is 388 g/mol. The van der Waals surface area contributed by atoms with Gasteiger partial charge in [-0.25, -0.2) is 0 Å². The predicted octanol–water partition coefficient (Wildman–Crippen LogP) is 6.48. The van der Waals surface area contributed by atoms with Crippen molar-refractivity contribution < 1.29 is 0 Å². The Hall–Kier alpha value is -1.91. The predicted molar refractivity (Wildman–Crippen MR) is 127 cm³/mol. The summed E-state index contributed by atoms with van der Waals surface area (Å²) in [5, 5.41) is 4.36. The molecule has 3 aromatic carbocycles. The molecule has 0 aliphatic carbocycles. The molecule has 0 aromatic heterocycles. The summed E-state index contributed by atoms with van der Waals surface area (Å²) < 4.78 is 0. The molecule has 3 rings (SSSR count). The third-order valence-corrected chi connectivity index (χ3v) is 8.23. The van der Waals surface area contributed by atoms with Crippen LogP contribution in [0.5, 0.6) is 0 Å². The van der Waals surface area contributed by atoms with Crippen molar-refractivity contribution in [1.82, 2.24) is 0 Å². The van der Waals surface area contributed by atoms with Crippen molar-refractivity contribution >= 4 is 23.8 Å². The van der Waals surface area contributed by atoms with E-state index in [9.17, 15) is 0 Å². The molecule has 0 amide bonds. The lowest BCUT2D eigenvalue weighted by Crippen LogP contribution is -2.25. The molecule has 3 aromatic rings. The molecule has 0 N–H and O–H groups in total. The molecule has 0 saturated carbocycles. The Morgan fingerprint density at radius 1 is 0.714 bits per heavy atom. The Balaban J connectivity index is 2.17. The lowest BCUT2D eigenvalue weighted by Gasteiger charge is -2.26. The summed E-state index contributed by atoms with van der Waals surface area (Å²) in [5.41, 5.74) is 5.80. The van der Waals surface area contributed by atoms with Crippen molar-refractivity contribution in [3.63, 3.8) is 0 Å². The summed E-state index contributed by atoms with van der Waals surface area (Å²) in [5.74, 6) is 0.559. The van der Waals surface area contributed by atoms with Gasteiger partial charge in [-0.3, -0.25) is 0 Å². The molecule has 0 saturated heterocycles. The van der Waals surface area contributed by atoms with Crippen molar-refractivity contribution in [1.29, 1.82) is 0 Å². The fourth-order valence-electron chi connectivity index (χ4n) is 3.65. The third kappa shape index (κ3) is 4.39. The van der Waals surface area contributed by atoms with Gasteiger partial charge >= 0.3 is 0 Å². The fourth-order valence-corrected chi connectivity index (χ4v) is 6.21. The fraction of sp³-hybridized carbons (Fsp3) is 0.333. The van der Waals surface area contributed by atoms with E-state index in [0.29, 0.717) is 5.92 Å². The van der Waals surface area contributed by atoms with Gasteiger partial charge in [-0.2, -0.15) is 0 Å². The van der Waals surface area contributed by atoms with Crippen LogP contribution in [0.15, 0.2) is 66.7 Å². The molecule has 0 heterocycles. The molecule has 1 heteroatoms. The molecule has 146 valence electrons. The topological polar surface area (TPSA) is 0 Å². The molecule has 0 radical (unpaired) electrons. The summed E-state index contributed by atoms with van der Waals surface area (Å²) in [7, 11) is -0.568. The van der Waals surface area contributed by atoms with Crippen molar-refractivity contribution in [2.45, 2.75) is 59.8 Å². The average molecular weight is 389 g/mol. The third-order valence-electron chi connectivity index (χ3n) is 5.45. The zero-order chi connectivity index (χ0) is 20.5. The second-order valence-electron chi connectivity index (χ2n) is 9.12. The molecular weight excluding hydrogens is 355 g/mol. The molecule has 1 atom stereocenters. The van der Waals surface area contributed by atoms with Crippen LogP contribution in [-0.2, 0) is 5.41 Å². The molecule has 0 spiro atoms. The Morgan fingerprint density at radius 3 is 1.79 bits per heavy atom. The van der Waals surface area contributed by atoms with E-state index in [1.807, 2.05) is 0 Å². The van der Waals surface area contributed by atoms with E-state index in [1.54, 1.807) is 0 Å². The van der Waals surface area contributed by atoms with Crippen LogP contribution in [0.3, 0.4) is 0 Å². The van der Waals surface area contributed by atoms with Crippen LogP contribution in [0.1, 0.15) is 62.8 Å². The van der Waals surface area contributed by atoms with E-state index in [4.69, 9.17) is 0 Å². The first-order valence-corrected chi connectivity index (χ1v) is 11.6. The van der Waals surface area contributed by atoms with Crippen molar-refractivity contribution in [2.24, 2.45) is 0 Å². The molecule has 28 heavy (non-hydrogen) atoms. The Bertz CT molecular complexity index is 946. The zero-order valence-corrected chi connectivity index (χ0v) is 19.3. The summed E-state index contributed by atoms with van der Waals surface area (Å²) in [6.07, 6.45) is 0. The summed E-state index contributed by atoms with van der Waals surface area (Å²) in [6.45, 7) is 16.0. The van der Waals surface area contributed by atoms with Gasteiger partial charge in [0.15, 0.2) is 0 Å². The first-order valence-electron chi connectivity index (χ1n) is 10.3. The van der Waals surface area contributed by atoms with E-state index in [1.165, 1.54) is 38.2 Å². The summed E-state index contributed by atoms with van der Waals surface area (Å²) in [4.78, 5) is 0. The highest BCUT2D eigenvalue weighted by molar-refractivity contribution is 7.80. The van der Waals surface area contributed by atoms with Crippen LogP contribution in [0, 0.1) is 13.8 Å². The average Bonchev–Trinajstić information content (AvgIpc) is 2.64. The van der Waals surface area contributed by atoms with E-state index in [0.717, 1.165) is 0 Å². The smallest absolute Gasteiger partial charge is 0.0122 e. The quantitative estimate of drug-likeness (QED) is 0.449. The standard InChI is InChI=1S/C27H33P/c1-19(2)22-13-15-25(20(3)17-22)28(24-11-9-8-10-12-24)26-16-14-23(18-21(26)4)27(5,6)7/h8-19H,1-7H3. The maximum absolute atomic E-state index is 2.39. The van der Waals surface area contributed by atoms with Crippen LogP contribution in [0.2, 0.25) is 0 Å². The number of aryl methyl sites for hydroxylation is 2. The van der Waals surface area contributed by atoms with Gasteiger partial charge in [-0.15, -0.1) is 0 Å². The number of hydrogen-bond donors (Lipinski definition) is 0. The second kappa shape index (κ2) is 8.22. The Kier molecular flexibility index (Phi) is 6.11. The van der Waals surface area contributed by atoms with E-state index in [-0.39, 0.29) is 5.41 Å². The van der Waals surface area contributed by atoms with Crippen LogP contribution in [-0.4, -0.2) is 0 Å². The van der Waals surface area contributed by atoms with Gasteiger partial charge < -0.3 is 0 Å². The Morgan fingerprint density at radius 2 is 1.29 bits per heavy atom. The minimum atomic E-state index is -0.568. The van der Waals surface area contributed by atoms with Gasteiger partial charge in [0, 0.05) is 0 Å². The summed E-state index contributed by atoms with van der Waals surface area (Å²) >= 11 is 0. The molecule has 0 aliphatic rings. The van der Waals surface area contributed by atoms with E-state index < -0.39 is 7.92 Å². The second-order valence-corrected chi connectivity index (χ2v) is 11.3. The summed E-state index contributed by atoms with van der Waals surface area (Å²) in [6, 6.07) is 25.2. The highest BCUT2D eigenvalue weighted by Gasteiger charge is 2.22. The first kappa shape index (κ1) is 20.8. The van der Waals surface area contributed by atoms with Gasteiger partial charge in [0.25, 0.3) is 0 Å². The van der Waals surface area contributed by atoms with Gasteiger partial charge in [0.1, 0.15) is 0 Å². The number of hydrogen-bond acceptors (Lipinski definition) is 0.